The minimum atomic E-state index is -0.969. The summed E-state index contributed by atoms with van der Waals surface area (Å²) in [5.41, 5.74) is 0.480. The molecule has 4 heteroatoms. The van der Waals surface area contributed by atoms with Gasteiger partial charge in [0.05, 0.1) is 13.5 Å². The Kier molecular flexibility index (Phi) is 4.05. The van der Waals surface area contributed by atoms with Gasteiger partial charge in [-0.05, 0) is 12.1 Å². The lowest BCUT2D eigenvalue weighted by atomic mass is 9.96. The summed E-state index contributed by atoms with van der Waals surface area (Å²) in [7, 11) is 1.52. The minimum Gasteiger partial charge on any atom is -0.497 e. The number of carboxylic acids is 1. The fourth-order valence-electron chi connectivity index (χ4n) is 1.42. The topological polar surface area (TPSA) is 63.6 Å². The van der Waals surface area contributed by atoms with Gasteiger partial charge in [0.15, 0.2) is 5.78 Å². The number of rotatable bonds is 5. The normalized spacial score (nSPS) is 11.9. The van der Waals surface area contributed by atoms with Crippen molar-refractivity contribution in [3.8, 4) is 5.75 Å². The van der Waals surface area contributed by atoms with Gasteiger partial charge >= 0.3 is 5.97 Å². The molecule has 0 aromatic heterocycles. The van der Waals surface area contributed by atoms with Gasteiger partial charge in [0.2, 0.25) is 0 Å². The van der Waals surface area contributed by atoms with E-state index in [0.29, 0.717) is 11.3 Å². The molecular weight excluding hydrogens is 208 g/mol. The highest BCUT2D eigenvalue weighted by Crippen LogP contribution is 2.17. The van der Waals surface area contributed by atoms with Gasteiger partial charge in [-0.1, -0.05) is 19.1 Å². The molecule has 0 saturated carbocycles. The Morgan fingerprint density at radius 1 is 1.44 bits per heavy atom. The molecule has 0 amide bonds. The number of Topliss-reactive ketones (excluding diaryl/α,β-unsaturated/α-hetero) is 1. The van der Waals surface area contributed by atoms with Gasteiger partial charge in [0.25, 0.3) is 0 Å². The van der Waals surface area contributed by atoms with Gasteiger partial charge in [-0.25, -0.2) is 0 Å². The largest absolute Gasteiger partial charge is 0.497 e. The van der Waals surface area contributed by atoms with Crippen molar-refractivity contribution in [1.29, 1.82) is 0 Å². The molecule has 1 aromatic rings. The molecule has 1 rings (SSSR count). The lowest BCUT2D eigenvalue weighted by Crippen LogP contribution is -2.15. The van der Waals surface area contributed by atoms with Crippen molar-refractivity contribution >= 4 is 11.8 Å². The molecule has 0 aliphatic heterocycles. The number of carbonyl (C=O) groups is 2. The van der Waals surface area contributed by atoms with Gasteiger partial charge in [-0.3, -0.25) is 9.59 Å². The van der Waals surface area contributed by atoms with Crippen molar-refractivity contribution in [3.63, 3.8) is 0 Å². The summed E-state index contributed by atoms with van der Waals surface area (Å²) in [6.45, 7) is 1.61. The van der Waals surface area contributed by atoms with Crippen molar-refractivity contribution in [2.45, 2.75) is 13.3 Å². The molecule has 0 saturated heterocycles. The van der Waals surface area contributed by atoms with Gasteiger partial charge < -0.3 is 9.84 Å². The van der Waals surface area contributed by atoms with Crippen LogP contribution in [0.1, 0.15) is 23.7 Å². The van der Waals surface area contributed by atoms with Crippen molar-refractivity contribution in [2.75, 3.05) is 7.11 Å². The van der Waals surface area contributed by atoms with E-state index in [1.165, 1.54) is 7.11 Å². The van der Waals surface area contributed by atoms with E-state index in [-0.39, 0.29) is 12.2 Å². The number of aliphatic carboxylic acids is 1. The van der Waals surface area contributed by atoms with E-state index in [2.05, 4.69) is 0 Å². The number of carbonyl (C=O) groups excluding carboxylic acids is 1. The molecule has 0 aliphatic rings. The first-order chi connectivity index (χ1) is 7.54. The third-order valence-corrected chi connectivity index (χ3v) is 2.28. The Labute approximate surface area is 93.9 Å². The molecule has 4 nitrogen and oxygen atoms in total. The lowest BCUT2D eigenvalue weighted by Gasteiger charge is -2.08. The second-order valence-corrected chi connectivity index (χ2v) is 3.60. The Morgan fingerprint density at radius 2 is 2.12 bits per heavy atom. The molecule has 0 spiro atoms. The Hall–Kier alpha value is -1.84. The van der Waals surface area contributed by atoms with Crippen LogP contribution in [0.25, 0.3) is 0 Å². The summed E-state index contributed by atoms with van der Waals surface area (Å²) in [5.74, 6) is -1.08. The monoisotopic (exact) mass is 222 g/mol. The van der Waals surface area contributed by atoms with E-state index in [9.17, 15) is 9.59 Å². The predicted octanol–water partition coefficient (Wildman–Crippen LogP) is 1.99. The van der Waals surface area contributed by atoms with Crippen molar-refractivity contribution in [3.05, 3.63) is 29.8 Å². The summed E-state index contributed by atoms with van der Waals surface area (Å²) >= 11 is 0. The van der Waals surface area contributed by atoms with Crippen LogP contribution in [0.5, 0.6) is 5.75 Å². The number of hydrogen-bond donors (Lipinski definition) is 1. The molecule has 1 aromatic carbocycles. The standard InChI is InChI=1S/C12H14O4/c1-8(6-11(13)14)12(15)9-4-3-5-10(7-9)16-2/h3-5,7-8H,6H2,1-2H3,(H,13,14)/t8-/m0/s1. The third-order valence-electron chi connectivity index (χ3n) is 2.28. The molecule has 16 heavy (non-hydrogen) atoms. The average molecular weight is 222 g/mol. The van der Waals surface area contributed by atoms with Gasteiger partial charge in [0, 0.05) is 11.5 Å². The van der Waals surface area contributed by atoms with Crippen LogP contribution in [0.3, 0.4) is 0 Å². The van der Waals surface area contributed by atoms with Crippen molar-refractivity contribution in [2.24, 2.45) is 5.92 Å². The van der Waals surface area contributed by atoms with Crippen LogP contribution >= 0.6 is 0 Å². The van der Waals surface area contributed by atoms with Crippen molar-refractivity contribution in [1.82, 2.24) is 0 Å². The van der Waals surface area contributed by atoms with E-state index in [1.54, 1.807) is 31.2 Å². The van der Waals surface area contributed by atoms with E-state index in [1.807, 2.05) is 0 Å². The fraction of sp³-hybridized carbons (Fsp3) is 0.333. The van der Waals surface area contributed by atoms with Crippen LogP contribution in [0, 0.1) is 5.92 Å². The summed E-state index contributed by atoms with van der Waals surface area (Å²) in [6.07, 6.45) is -0.157. The van der Waals surface area contributed by atoms with Crippen LogP contribution in [0.2, 0.25) is 0 Å². The summed E-state index contributed by atoms with van der Waals surface area (Å²) < 4.78 is 5.00. The summed E-state index contributed by atoms with van der Waals surface area (Å²) in [6, 6.07) is 6.71. The first-order valence-corrected chi connectivity index (χ1v) is 4.94. The number of hydrogen-bond acceptors (Lipinski definition) is 3. The summed E-state index contributed by atoms with van der Waals surface area (Å²) in [5, 5.41) is 8.60. The highest BCUT2D eigenvalue weighted by Gasteiger charge is 2.18. The quantitative estimate of drug-likeness (QED) is 0.774. The minimum absolute atomic E-state index is 0.157. The number of ether oxygens (including phenoxy) is 1. The first-order valence-electron chi connectivity index (χ1n) is 4.94. The lowest BCUT2D eigenvalue weighted by molar-refractivity contribution is -0.137. The van der Waals surface area contributed by atoms with E-state index in [0.717, 1.165) is 0 Å². The fourth-order valence-corrected chi connectivity index (χ4v) is 1.42. The van der Waals surface area contributed by atoms with E-state index in [4.69, 9.17) is 9.84 Å². The molecule has 0 unspecified atom stereocenters. The second-order valence-electron chi connectivity index (χ2n) is 3.60. The molecule has 1 atom stereocenters. The van der Waals surface area contributed by atoms with Crippen LogP contribution in [-0.4, -0.2) is 24.0 Å². The molecule has 1 N–H and O–H groups in total. The molecule has 86 valence electrons. The molecule has 0 bridgehead atoms. The highest BCUT2D eigenvalue weighted by molar-refractivity contribution is 5.99. The molecular formula is C12H14O4. The van der Waals surface area contributed by atoms with Gasteiger partial charge in [-0.2, -0.15) is 0 Å². The smallest absolute Gasteiger partial charge is 0.304 e. The highest BCUT2D eigenvalue weighted by atomic mass is 16.5. The van der Waals surface area contributed by atoms with Crippen LogP contribution in [0.4, 0.5) is 0 Å². The van der Waals surface area contributed by atoms with Gasteiger partial charge in [0.1, 0.15) is 5.75 Å². The molecule has 0 aliphatic carbocycles. The average Bonchev–Trinajstić information content (AvgIpc) is 2.27. The van der Waals surface area contributed by atoms with E-state index >= 15 is 0 Å². The predicted molar refractivity (Wildman–Crippen MR) is 58.7 cm³/mol. The number of ketones is 1. The van der Waals surface area contributed by atoms with E-state index < -0.39 is 11.9 Å². The molecule has 0 heterocycles. The van der Waals surface area contributed by atoms with Gasteiger partial charge in [-0.15, -0.1) is 0 Å². The maximum absolute atomic E-state index is 11.8. The van der Waals surface area contributed by atoms with Crippen molar-refractivity contribution < 1.29 is 19.4 Å². The van der Waals surface area contributed by atoms with Crippen LogP contribution in [0.15, 0.2) is 24.3 Å². The Bertz CT molecular complexity index is 398. The number of carboxylic acid groups (broad SMARTS) is 1. The second kappa shape index (κ2) is 5.30. The maximum Gasteiger partial charge on any atom is 0.304 e. The zero-order valence-electron chi connectivity index (χ0n) is 9.27. The SMILES string of the molecule is COc1cccc(C(=O)[C@@H](C)CC(=O)O)c1. The Morgan fingerprint density at radius 3 is 2.69 bits per heavy atom. The Balaban J connectivity index is 2.83. The number of methoxy groups -OCH3 is 1. The maximum atomic E-state index is 11.8. The zero-order valence-corrected chi connectivity index (χ0v) is 9.27. The first kappa shape index (κ1) is 12.2. The zero-order chi connectivity index (χ0) is 12.1. The molecule has 0 radical (unpaired) electrons. The van der Waals surface area contributed by atoms with Crippen LogP contribution in [-0.2, 0) is 4.79 Å². The molecule has 0 fully saturated rings. The number of benzene rings is 1. The third kappa shape index (κ3) is 3.08. The van der Waals surface area contributed by atoms with Crippen LogP contribution < -0.4 is 4.74 Å². The summed E-state index contributed by atoms with van der Waals surface area (Å²) in [4.78, 5) is 22.3.